The van der Waals surface area contributed by atoms with Crippen molar-refractivity contribution in [1.82, 2.24) is 0 Å². The van der Waals surface area contributed by atoms with Gasteiger partial charge in [0.1, 0.15) is 18.1 Å². The third-order valence-corrected chi connectivity index (χ3v) is 2.50. The Balaban J connectivity index is 1.83. The summed E-state index contributed by atoms with van der Waals surface area (Å²) in [6.45, 7) is 3.08. The topological polar surface area (TPSA) is 27.7 Å². The van der Waals surface area contributed by atoms with Crippen LogP contribution < -0.4 is 0 Å². The first-order chi connectivity index (χ1) is 8.38. The fourth-order valence-electron chi connectivity index (χ4n) is 1.67. The molecule has 0 unspecified atom stereocenters. The van der Waals surface area contributed by atoms with E-state index in [1.807, 2.05) is 31.2 Å². The molecular weight excluding hydrogens is 216 g/mol. The van der Waals surface area contributed by atoms with Crippen LogP contribution in [-0.4, -0.2) is 19.5 Å². The van der Waals surface area contributed by atoms with Crippen LogP contribution in [0.2, 0.25) is 0 Å². The molecule has 2 aliphatic rings. The van der Waals surface area contributed by atoms with Crippen molar-refractivity contribution in [2.24, 2.45) is 0 Å². The highest BCUT2D eigenvalue weighted by Gasteiger charge is 2.16. The summed E-state index contributed by atoms with van der Waals surface area (Å²) in [6, 6.07) is 0. The van der Waals surface area contributed by atoms with Gasteiger partial charge < -0.3 is 14.2 Å². The van der Waals surface area contributed by atoms with E-state index in [2.05, 4.69) is 12.2 Å². The predicted octanol–water partition coefficient (Wildman–Crippen LogP) is 3.07. The molecule has 92 valence electrons. The lowest BCUT2D eigenvalue weighted by molar-refractivity contribution is -0.127. The zero-order chi connectivity index (χ0) is 11.9. The summed E-state index contributed by atoms with van der Waals surface area (Å²) < 4.78 is 16.9. The number of hydrogen-bond acceptors (Lipinski definition) is 3. The average Bonchev–Trinajstić information content (AvgIpc) is 2.99. The molecule has 2 rings (SSSR count). The first kappa shape index (κ1) is 12.0. The van der Waals surface area contributed by atoms with Gasteiger partial charge in [0.2, 0.25) is 0 Å². The standard InChI is InChI=1S/C14H18O3/c1-2-15-11-14(16-12-7-3-4-8-12)17-13-9-5-6-10-13/h3-7,9,14H,2,8,10-11H2,1H3. The van der Waals surface area contributed by atoms with Crippen LogP contribution in [0.5, 0.6) is 0 Å². The first-order valence-corrected chi connectivity index (χ1v) is 6.01. The lowest BCUT2D eigenvalue weighted by Crippen LogP contribution is -2.22. The van der Waals surface area contributed by atoms with Crippen molar-refractivity contribution in [3.05, 3.63) is 48.0 Å². The Labute approximate surface area is 102 Å². The summed E-state index contributed by atoms with van der Waals surface area (Å²) in [5.74, 6) is 1.86. The van der Waals surface area contributed by atoms with Crippen molar-refractivity contribution in [1.29, 1.82) is 0 Å². The van der Waals surface area contributed by atoms with Crippen LogP contribution in [0.1, 0.15) is 19.8 Å². The van der Waals surface area contributed by atoms with E-state index < -0.39 is 0 Å². The second-order valence-corrected chi connectivity index (χ2v) is 3.86. The van der Waals surface area contributed by atoms with Gasteiger partial charge in [0.05, 0.1) is 0 Å². The Morgan fingerprint density at radius 2 is 1.65 bits per heavy atom. The second-order valence-electron chi connectivity index (χ2n) is 3.86. The molecule has 0 saturated carbocycles. The van der Waals surface area contributed by atoms with Crippen molar-refractivity contribution < 1.29 is 14.2 Å². The first-order valence-electron chi connectivity index (χ1n) is 6.01. The molecule has 0 heterocycles. The van der Waals surface area contributed by atoms with Gasteiger partial charge in [-0.25, -0.2) is 0 Å². The maximum absolute atomic E-state index is 5.76. The van der Waals surface area contributed by atoms with Crippen LogP contribution >= 0.6 is 0 Å². The fraction of sp³-hybridized carbons (Fsp3) is 0.429. The van der Waals surface area contributed by atoms with E-state index in [-0.39, 0.29) is 6.29 Å². The molecule has 17 heavy (non-hydrogen) atoms. The van der Waals surface area contributed by atoms with E-state index in [1.54, 1.807) is 0 Å². The van der Waals surface area contributed by atoms with Gasteiger partial charge in [0.25, 0.3) is 6.29 Å². The van der Waals surface area contributed by atoms with Crippen LogP contribution in [0, 0.1) is 0 Å². The van der Waals surface area contributed by atoms with Crippen molar-refractivity contribution in [3.8, 4) is 0 Å². The molecule has 2 aliphatic carbocycles. The molecule has 0 amide bonds. The molecule has 0 aromatic rings. The summed E-state index contributed by atoms with van der Waals surface area (Å²) in [6.07, 6.45) is 13.3. The van der Waals surface area contributed by atoms with Crippen LogP contribution in [0.25, 0.3) is 0 Å². The van der Waals surface area contributed by atoms with Crippen molar-refractivity contribution in [2.75, 3.05) is 13.2 Å². The summed E-state index contributed by atoms with van der Waals surface area (Å²) in [4.78, 5) is 0. The zero-order valence-corrected chi connectivity index (χ0v) is 10.1. The molecule has 0 aliphatic heterocycles. The van der Waals surface area contributed by atoms with Gasteiger partial charge in [-0.15, -0.1) is 0 Å². The quantitative estimate of drug-likeness (QED) is 0.634. The highest BCUT2D eigenvalue weighted by Crippen LogP contribution is 2.19. The Kier molecular flexibility index (Phi) is 4.45. The summed E-state index contributed by atoms with van der Waals surface area (Å²) >= 11 is 0. The zero-order valence-electron chi connectivity index (χ0n) is 10.1. The molecule has 0 radical (unpaired) electrons. The van der Waals surface area contributed by atoms with Gasteiger partial charge in [-0.1, -0.05) is 24.3 Å². The Hall–Kier alpha value is -1.48. The number of hydrogen-bond donors (Lipinski definition) is 0. The molecule has 0 fully saturated rings. The molecule has 3 nitrogen and oxygen atoms in total. The van der Waals surface area contributed by atoms with Crippen LogP contribution in [0.15, 0.2) is 48.0 Å². The van der Waals surface area contributed by atoms with Crippen LogP contribution in [0.3, 0.4) is 0 Å². The molecule has 0 atom stereocenters. The van der Waals surface area contributed by atoms with Crippen molar-refractivity contribution >= 4 is 0 Å². The normalized spacial score (nSPS) is 17.5. The highest BCUT2D eigenvalue weighted by molar-refractivity contribution is 5.19. The number of ether oxygens (including phenoxy) is 3. The molecule has 0 saturated heterocycles. The molecule has 0 aromatic heterocycles. The molecule has 0 N–H and O–H groups in total. The summed E-state index contributed by atoms with van der Waals surface area (Å²) in [5.41, 5.74) is 0. The van der Waals surface area contributed by atoms with E-state index in [9.17, 15) is 0 Å². The second kappa shape index (κ2) is 6.30. The minimum Gasteiger partial charge on any atom is -0.456 e. The van der Waals surface area contributed by atoms with Crippen molar-refractivity contribution in [2.45, 2.75) is 26.1 Å². The van der Waals surface area contributed by atoms with Gasteiger partial charge in [0, 0.05) is 19.4 Å². The molecule has 0 bridgehead atoms. The smallest absolute Gasteiger partial charge is 0.263 e. The Morgan fingerprint density at radius 3 is 2.06 bits per heavy atom. The minimum atomic E-state index is -0.354. The van der Waals surface area contributed by atoms with Gasteiger partial charge in [-0.2, -0.15) is 0 Å². The fourth-order valence-corrected chi connectivity index (χ4v) is 1.67. The Bertz CT molecular complexity index is 332. The third kappa shape index (κ3) is 3.79. The average molecular weight is 234 g/mol. The van der Waals surface area contributed by atoms with E-state index in [4.69, 9.17) is 14.2 Å². The SMILES string of the molecule is CCOCC(OC1=CC=CC1)OC1=CC=CC1. The molecular formula is C14H18O3. The van der Waals surface area contributed by atoms with Gasteiger partial charge in [-0.05, 0) is 19.1 Å². The molecule has 3 heteroatoms. The molecule has 0 spiro atoms. The molecule has 0 aromatic carbocycles. The number of allylic oxidation sites excluding steroid dienone is 6. The highest BCUT2D eigenvalue weighted by atomic mass is 16.7. The van der Waals surface area contributed by atoms with Crippen LogP contribution in [-0.2, 0) is 14.2 Å². The summed E-state index contributed by atoms with van der Waals surface area (Å²) in [5, 5.41) is 0. The summed E-state index contributed by atoms with van der Waals surface area (Å²) in [7, 11) is 0. The van der Waals surface area contributed by atoms with E-state index >= 15 is 0 Å². The Morgan fingerprint density at radius 1 is 1.06 bits per heavy atom. The van der Waals surface area contributed by atoms with E-state index in [1.165, 1.54) is 0 Å². The largest absolute Gasteiger partial charge is 0.456 e. The monoisotopic (exact) mass is 234 g/mol. The minimum absolute atomic E-state index is 0.354. The maximum atomic E-state index is 5.76. The maximum Gasteiger partial charge on any atom is 0.263 e. The van der Waals surface area contributed by atoms with E-state index in [0.717, 1.165) is 24.4 Å². The van der Waals surface area contributed by atoms with Gasteiger partial charge in [-0.3, -0.25) is 0 Å². The van der Waals surface area contributed by atoms with Gasteiger partial charge >= 0.3 is 0 Å². The lowest BCUT2D eigenvalue weighted by atomic mass is 10.4. The third-order valence-electron chi connectivity index (χ3n) is 2.50. The number of rotatable bonds is 7. The van der Waals surface area contributed by atoms with Crippen molar-refractivity contribution in [3.63, 3.8) is 0 Å². The lowest BCUT2D eigenvalue weighted by Gasteiger charge is -2.21. The van der Waals surface area contributed by atoms with Gasteiger partial charge in [0.15, 0.2) is 0 Å². The predicted molar refractivity (Wildman–Crippen MR) is 66.1 cm³/mol. The van der Waals surface area contributed by atoms with E-state index in [0.29, 0.717) is 13.2 Å². The van der Waals surface area contributed by atoms with Crippen LogP contribution in [0.4, 0.5) is 0 Å².